The van der Waals surface area contributed by atoms with Gasteiger partial charge in [-0.05, 0) is 6.92 Å². The Hall–Kier alpha value is -1.13. The molecule has 0 amide bonds. The molecule has 5 heteroatoms. The lowest BCUT2D eigenvalue weighted by Gasteiger charge is -1.95. The maximum absolute atomic E-state index is 11.9. The maximum atomic E-state index is 11.9. The first kappa shape index (κ1) is 8.96. The Bertz CT molecular complexity index is 280. The van der Waals surface area contributed by atoms with E-state index in [1.807, 2.05) is 0 Å². The fourth-order valence-corrected chi connectivity index (χ4v) is 0.990. The highest BCUT2D eigenvalue weighted by Crippen LogP contribution is 2.17. The normalized spacial score (nSPS) is 11.1. The number of rotatable bonds is 2. The van der Waals surface area contributed by atoms with Crippen molar-refractivity contribution >= 4 is 5.69 Å². The largest absolute Gasteiger partial charge is 0.396 e. The van der Waals surface area contributed by atoms with Crippen LogP contribution in [0.3, 0.4) is 0 Å². The Labute approximate surface area is 69.2 Å². The third-order valence-corrected chi connectivity index (χ3v) is 1.80. The van der Waals surface area contributed by atoms with Crippen molar-refractivity contribution in [2.45, 2.75) is 19.8 Å². The highest BCUT2D eigenvalue weighted by Gasteiger charge is 2.13. The average molecular weight is 175 g/mol. The molecule has 0 fully saturated rings. The summed E-state index contributed by atoms with van der Waals surface area (Å²) < 4.78 is 25.4. The van der Waals surface area contributed by atoms with Crippen LogP contribution < -0.4 is 5.73 Å². The first-order valence-corrected chi connectivity index (χ1v) is 3.58. The minimum atomic E-state index is -2.39. The van der Waals surface area contributed by atoms with Crippen LogP contribution >= 0.6 is 0 Å². The molecule has 0 saturated carbocycles. The van der Waals surface area contributed by atoms with Gasteiger partial charge in [0.2, 0.25) is 6.43 Å². The van der Waals surface area contributed by atoms with Crippen LogP contribution in [-0.4, -0.2) is 16.2 Å². The summed E-state index contributed by atoms with van der Waals surface area (Å²) in [6, 6.07) is 0. The molecule has 0 aliphatic rings. The minimum absolute atomic E-state index is 0.282. The fourth-order valence-electron chi connectivity index (χ4n) is 0.990. The van der Waals surface area contributed by atoms with Crippen LogP contribution in [0, 0.1) is 6.92 Å². The van der Waals surface area contributed by atoms with Gasteiger partial charge in [0.05, 0.1) is 23.5 Å². The Morgan fingerprint density at radius 2 is 2.17 bits per heavy atom. The van der Waals surface area contributed by atoms with Crippen molar-refractivity contribution in [3.63, 3.8) is 0 Å². The lowest BCUT2D eigenvalue weighted by Crippen LogP contribution is -2.01. The van der Waals surface area contributed by atoms with Gasteiger partial charge in [0, 0.05) is 7.05 Å². The molecule has 1 aromatic heterocycles. The second-order valence-corrected chi connectivity index (χ2v) is 2.66. The minimum Gasteiger partial charge on any atom is -0.396 e. The summed E-state index contributed by atoms with van der Waals surface area (Å²) >= 11 is 0. The number of nitrogens with zero attached hydrogens (tertiary/aromatic N) is 2. The molecule has 0 atom stereocenters. The summed E-state index contributed by atoms with van der Waals surface area (Å²) in [6.45, 7) is 1.75. The molecular weight excluding hydrogens is 164 g/mol. The number of anilines is 1. The van der Waals surface area contributed by atoms with Gasteiger partial charge in [-0.3, -0.25) is 4.68 Å². The van der Waals surface area contributed by atoms with Gasteiger partial charge < -0.3 is 5.73 Å². The molecule has 0 spiro atoms. The molecule has 2 N–H and O–H groups in total. The van der Waals surface area contributed by atoms with E-state index in [4.69, 9.17) is 5.73 Å². The van der Waals surface area contributed by atoms with Crippen LogP contribution in [0.1, 0.15) is 11.4 Å². The first-order chi connectivity index (χ1) is 5.52. The van der Waals surface area contributed by atoms with E-state index < -0.39 is 6.43 Å². The number of aromatic nitrogens is 2. The predicted octanol–water partition coefficient (Wildman–Crippen LogP) is 1.12. The molecule has 12 heavy (non-hydrogen) atoms. The van der Waals surface area contributed by atoms with Crippen molar-refractivity contribution in [2.75, 3.05) is 5.73 Å². The highest BCUT2D eigenvalue weighted by atomic mass is 19.3. The summed E-state index contributed by atoms with van der Waals surface area (Å²) in [5, 5.41) is 3.86. The molecular formula is C7H11F2N3. The van der Waals surface area contributed by atoms with E-state index in [1.54, 1.807) is 14.0 Å². The van der Waals surface area contributed by atoms with Crippen LogP contribution in [-0.2, 0) is 13.5 Å². The summed E-state index contributed by atoms with van der Waals surface area (Å²) in [7, 11) is 1.68. The van der Waals surface area contributed by atoms with Gasteiger partial charge in [-0.1, -0.05) is 0 Å². The Kier molecular flexibility index (Phi) is 2.30. The van der Waals surface area contributed by atoms with Crippen molar-refractivity contribution in [3.8, 4) is 0 Å². The summed E-state index contributed by atoms with van der Waals surface area (Å²) in [5.41, 5.74) is 6.92. The quantitative estimate of drug-likeness (QED) is 0.731. The van der Waals surface area contributed by atoms with Gasteiger partial charge >= 0.3 is 0 Å². The smallest absolute Gasteiger partial charge is 0.244 e. The lowest BCUT2D eigenvalue weighted by atomic mass is 10.2. The van der Waals surface area contributed by atoms with E-state index in [0.717, 1.165) is 5.69 Å². The van der Waals surface area contributed by atoms with Crippen LogP contribution in [0.2, 0.25) is 0 Å². The number of alkyl halides is 2. The molecule has 68 valence electrons. The van der Waals surface area contributed by atoms with Crippen molar-refractivity contribution in [2.24, 2.45) is 7.05 Å². The van der Waals surface area contributed by atoms with Gasteiger partial charge in [0.15, 0.2) is 0 Å². The number of hydrogen-bond donors (Lipinski definition) is 1. The zero-order valence-electron chi connectivity index (χ0n) is 7.01. The summed E-state index contributed by atoms with van der Waals surface area (Å²) in [6.07, 6.45) is -2.75. The number of hydrogen-bond acceptors (Lipinski definition) is 2. The molecule has 0 aromatic carbocycles. The summed E-state index contributed by atoms with van der Waals surface area (Å²) in [5.74, 6) is 0. The molecule has 1 aromatic rings. The Morgan fingerprint density at radius 3 is 2.50 bits per heavy atom. The molecule has 1 rings (SSSR count). The number of aryl methyl sites for hydroxylation is 1. The number of nitrogens with two attached hydrogens (primary N) is 1. The lowest BCUT2D eigenvalue weighted by molar-refractivity contribution is 0.148. The standard InChI is InChI=1S/C7H11F2N3/c1-4-7(10)5(3-6(8)9)11-12(4)2/h6H,3,10H2,1-2H3. The molecule has 0 aliphatic carbocycles. The Balaban J connectivity index is 2.93. The highest BCUT2D eigenvalue weighted by molar-refractivity contribution is 5.47. The van der Waals surface area contributed by atoms with Crippen LogP contribution in [0.4, 0.5) is 14.5 Å². The molecule has 0 radical (unpaired) electrons. The molecule has 0 saturated heterocycles. The molecule has 1 heterocycles. The van der Waals surface area contributed by atoms with E-state index >= 15 is 0 Å². The van der Waals surface area contributed by atoms with E-state index in [0.29, 0.717) is 5.69 Å². The van der Waals surface area contributed by atoms with Crippen molar-refractivity contribution < 1.29 is 8.78 Å². The molecule has 0 aliphatic heterocycles. The van der Waals surface area contributed by atoms with Gasteiger partial charge in [-0.15, -0.1) is 0 Å². The topological polar surface area (TPSA) is 43.8 Å². The van der Waals surface area contributed by atoms with E-state index in [9.17, 15) is 8.78 Å². The zero-order valence-corrected chi connectivity index (χ0v) is 7.01. The van der Waals surface area contributed by atoms with Crippen molar-refractivity contribution in [3.05, 3.63) is 11.4 Å². The second-order valence-electron chi connectivity index (χ2n) is 2.66. The summed E-state index contributed by atoms with van der Waals surface area (Å²) in [4.78, 5) is 0. The van der Waals surface area contributed by atoms with Crippen molar-refractivity contribution in [1.29, 1.82) is 0 Å². The average Bonchev–Trinajstić information content (AvgIpc) is 2.17. The van der Waals surface area contributed by atoms with E-state index in [2.05, 4.69) is 5.10 Å². The van der Waals surface area contributed by atoms with Crippen LogP contribution in [0.15, 0.2) is 0 Å². The van der Waals surface area contributed by atoms with Crippen LogP contribution in [0.25, 0.3) is 0 Å². The molecule has 0 unspecified atom stereocenters. The monoisotopic (exact) mass is 175 g/mol. The van der Waals surface area contributed by atoms with Crippen LogP contribution in [0.5, 0.6) is 0 Å². The third-order valence-electron chi connectivity index (χ3n) is 1.80. The van der Waals surface area contributed by atoms with E-state index in [-0.39, 0.29) is 12.1 Å². The van der Waals surface area contributed by atoms with Gasteiger partial charge in [0.25, 0.3) is 0 Å². The second kappa shape index (κ2) is 3.08. The Morgan fingerprint density at radius 1 is 1.58 bits per heavy atom. The SMILES string of the molecule is Cc1c(N)c(CC(F)F)nn1C. The molecule has 3 nitrogen and oxygen atoms in total. The van der Waals surface area contributed by atoms with Gasteiger partial charge in [0.1, 0.15) is 0 Å². The zero-order chi connectivity index (χ0) is 9.30. The maximum Gasteiger partial charge on any atom is 0.244 e. The van der Waals surface area contributed by atoms with Gasteiger partial charge in [-0.25, -0.2) is 8.78 Å². The number of halogens is 2. The third kappa shape index (κ3) is 1.54. The van der Waals surface area contributed by atoms with Gasteiger partial charge in [-0.2, -0.15) is 5.10 Å². The first-order valence-electron chi connectivity index (χ1n) is 3.58. The number of nitrogen functional groups attached to an aromatic ring is 1. The molecule has 0 bridgehead atoms. The van der Waals surface area contributed by atoms with Crippen molar-refractivity contribution in [1.82, 2.24) is 9.78 Å². The predicted molar refractivity (Wildman–Crippen MR) is 42.1 cm³/mol. The van der Waals surface area contributed by atoms with E-state index in [1.165, 1.54) is 4.68 Å². The fraction of sp³-hybridized carbons (Fsp3) is 0.571.